The third-order valence-electron chi connectivity index (χ3n) is 6.67. The predicted octanol–water partition coefficient (Wildman–Crippen LogP) is 5.52. The van der Waals surface area contributed by atoms with Crippen molar-refractivity contribution < 1.29 is 19.4 Å². The van der Waals surface area contributed by atoms with Gasteiger partial charge in [-0.2, -0.15) is 9.61 Å². The second-order valence-corrected chi connectivity index (χ2v) is 23.5. The van der Waals surface area contributed by atoms with Crippen molar-refractivity contribution in [3.8, 4) is 0 Å². The van der Waals surface area contributed by atoms with Crippen molar-refractivity contribution in [3.63, 3.8) is 0 Å². The van der Waals surface area contributed by atoms with Gasteiger partial charge in [-0.05, 0) is 37.8 Å². The normalized spacial score (nSPS) is 19.3. The molecule has 2 heterocycles. The molecule has 2 aromatic heterocycles. The van der Waals surface area contributed by atoms with Gasteiger partial charge in [0.1, 0.15) is 19.3 Å². The Morgan fingerprint density at radius 1 is 1.03 bits per heavy atom. The molecule has 0 saturated heterocycles. The van der Waals surface area contributed by atoms with E-state index in [9.17, 15) is 9.90 Å². The minimum Gasteiger partial charge on any atom is -0.481 e. The molecule has 1 fully saturated rings. The summed E-state index contributed by atoms with van der Waals surface area (Å²) in [5.41, 5.74) is 1.80. The molecule has 0 bridgehead atoms. The summed E-state index contributed by atoms with van der Waals surface area (Å²) in [7, 11) is -2.36. The minimum atomic E-state index is -1.18. The number of hydrogen-bond acceptors (Lipinski definition) is 6. The van der Waals surface area contributed by atoms with Crippen LogP contribution < -0.4 is 4.90 Å². The highest BCUT2D eigenvalue weighted by Crippen LogP contribution is 2.36. The van der Waals surface area contributed by atoms with E-state index in [4.69, 9.17) is 14.5 Å². The van der Waals surface area contributed by atoms with Gasteiger partial charge in [0.15, 0.2) is 5.65 Å². The number of fused-ring (bicyclic) bond motifs is 1. The summed E-state index contributed by atoms with van der Waals surface area (Å²) in [4.78, 5) is 18.4. The van der Waals surface area contributed by atoms with E-state index in [1.165, 1.54) is 0 Å². The van der Waals surface area contributed by atoms with E-state index < -0.39 is 22.1 Å². The first-order valence-corrected chi connectivity index (χ1v) is 20.3. The first-order valence-electron chi connectivity index (χ1n) is 12.9. The molecular formula is C25H44N4O4Si2. The number of carboxylic acid groups (broad SMARTS) is 1. The van der Waals surface area contributed by atoms with Crippen LogP contribution in [0.3, 0.4) is 0 Å². The Balaban J connectivity index is 1.79. The molecule has 8 nitrogen and oxygen atoms in total. The number of ether oxygens (including phenoxy) is 2. The third kappa shape index (κ3) is 8.69. The van der Waals surface area contributed by atoms with Crippen LogP contribution in [-0.2, 0) is 14.3 Å². The summed E-state index contributed by atoms with van der Waals surface area (Å²) in [5, 5.41) is 13.9. The maximum absolute atomic E-state index is 11.4. The monoisotopic (exact) mass is 520 g/mol. The van der Waals surface area contributed by atoms with E-state index in [-0.39, 0.29) is 11.8 Å². The molecule has 3 rings (SSSR count). The van der Waals surface area contributed by atoms with Crippen molar-refractivity contribution in [2.24, 2.45) is 5.92 Å². The quantitative estimate of drug-likeness (QED) is 0.211. The first-order chi connectivity index (χ1) is 16.4. The summed E-state index contributed by atoms with van der Waals surface area (Å²) in [6, 6.07) is 6.26. The number of carbonyl (C=O) groups is 1. The summed E-state index contributed by atoms with van der Waals surface area (Å²) in [5.74, 6) is 0.254. The van der Waals surface area contributed by atoms with Crippen molar-refractivity contribution >= 4 is 33.6 Å². The minimum absolute atomic E-state index is 0.236. The fourth-order valence-corrected chi connectivity index (χ4v) is 5.78. The van der Waals surface area contributed by atoms with E-state index >= 15 is 0 Å². The topological polar surface area (TPSA) is 89.2 Å². The average molecular weight is 521 g/mol. The number of aliphatic carboxylic acids is 1. The zero-order valence-electron chi connectivity index (χ0n) is 22.4. The number of rotatable bonds is 13. The molecule has 0 atom stereocenters. The summed E-state index contributed by atoms with van der Waals surface area (Å²) in [6.45, 7) is 16.5. The van der Waals surface area contributed by atoms with Crippen LogP contribution in [0.15, 0.2) is 18.3 Å². The van der Waals surface area contributed by atoms with E-state index in [0.717, 1.165) is 55.3 Å². The van der Waals surface area contributed by atoms with E-state index in [0.29, 0.717) is 26.3 Å². The zero-order chi connectivity index (χ0) is 25.6. The lowest BCUT2D eigenvalue weighted by molar-refractivity contribution is -0.142. The fourth-order valence-electron chi connectivity index (χ4n) is 4.26. The van der Waals surface area contributed by atoms with Gasteiger partial charge < -0.3 is 19.5 Å². The highest BCUT2D eigenvalue weighted by molar-refractivity contribution is 6.76. The maximum atomic E-state index is 11.4. The number of carboxylic acids is 1. The molecular weight excluding hydrogens is 476 g/mol. The lowest BCUT2D eigenvalue weighted by Crippen LogP contribution is -2.33. The van der Waals surface area contributed by atoms with Gasteiger partial charge in [-0.3, -0.25) is 4.79 Å². The molecule has 2 aromatic rings. The Morgan fingerprint density at radius 3 is 2.11 bits per heavy atom. The molecule has 35 heavy (non-hydrogen) atoms. The number of aromatic nitrogens is 3. The van der Waals surface area contributed by atoms with E-state index in [1.54, 1.807) is 6.20 Å². The molecule has 0 radical (unpaired) electrons. The SMILES string of the molecule is C[Si](C)(C)CCOCN(COCC[Si](C)(C)C)c1cc(C2CCC(C(=O)O)CC2)nc2ccnn12. The van der Waals surface area contributed by atoms with Crippen molar-refractivity contribution in [1.29, 1.82) is 0 Å². The van der Waals surface area contributed by atoms with Gasteiger partial charge in [-0.15, -0.1) is 0 Å². The van der Waals surface area contributed by atoms with Gasteiger partial charge in [0.25, 0.3) is 0 Å². The molecule has 10 heteroatoms. The highest BCUT2D eigenvalue weighted by atomic mass is 28.3. The standard InChI is InChI=1S/C25H44N4O4Si2/c1-34(2,3)15-13-32-18-28(19-33-14-16-35(4,5)6)24-17-22(27-23-11-12-26-29(23)24)20-7-9-21(10-8-20)25(30)31/h11-12,17,20-21H,7-10,13-16,18-19H2,1-6H3,(H,30,31). The van der Waals surface area contributed by atoms with Crippen LogP contribution in [0.25, 0.3) is 5.65 Å². The van der Waals surface area contributed by atoms with Gasteiger partial charge in [0.2, 0.25) is 0 Å². The Hall–Kier alpha value is -1.76. The van der Waals surface area contributed by atoms with E-state index in [2.05, 4.69) is 55.3 Å². The van der Waals surface area contributed by atoms with Gasteiger partial charge in [0.05, 0.1) is 12.1 Å². The van der Waals surface area contributed by atoms with Crippen molar-refractivity contribution in [2.45, 2.75) is 83.0 Å². The molecule has 0 aromatic carbocycles. The lowest BCUT2D eigenvalue weighted by Gasteiger charge is -2.29. The lowest BCUT2D eigenvalue weighted by atomic mass is 9.80. The molecule has 1 aliphatic carbocycles. The molecule has 0 spiro atoms. The Bertz CT molecular complexity index is 941. The smallest absolute Gasteiger partial charge is 0.306 e. The molecule has 1 saturated carbocycles. The van der Waals surface area contributed by atoms with E-state index in [1.807, 2.05) is 10.6 Å². The summed E-state index contributed by atoms with van der Waals surface area (Å²) >= 11 is 0. The third-order valence-corrected chi connectivity index (χ3v) is 10.1. The van der Waals surface area contributed by atoms with Crippen molar-refractivity contribution in [2.75, 3.05) is 31.6 Å². The average Bonchev–Trinajstić information content (AvgIpc) is 3.25. The van der Waals surface area contributed by atoms with Crippen LogP contribution in [0.2, 0.25) is 51.4 Å². The Labute approximate surface area is 212 Å². The first kappa shape index (κ1) is 27.8. The van der Waals surface area contributed by atoms with Crippen LogP contribution in [0.5, 0.6) is 0 Å². The van der Waals surface area contributed by atoms with Crippen LogP contribution in [0, 0.1) is 5.92 Å². The second kappa shape index (κ2) is 12.0. The zero-order valence-corrected chi connectivity index (χ0v) is 24.4. The molecule has 0 aliphatic heterocycles. The van der Waals surface area contributed by atoms with Crippen LogP contribution >= 0.6 is 0 Å². The maximum Gasteiger partial charge on any atom is 0.306 e. The fraction of sp³-hybridized carbons (Fsp3) is 0.720. The van der Waals surface area contributed by atoms with Gasteiger partial charge in [-0.25, -0.2) is 4.98 Å². The summed E-state index contributed by atoms with van der Waals surface area (Å²) < 4.78 is 14.1. The second-order valence-electron chi connectivity index (χ2n) is 12.3. The van der Waals surface area contributed by atoms with Gasteiger partial charge >= 0.3 is 5.97 Å². The van der Waals surface area contributed by atoms with Crippen molar-refractivity contribution in [3.05, 3.63) is 24.0 Å². The number of anilines is 1. The largest absolute Gasteiger partial charge is 0.481 e. The van der Waals surface area contributed by atoms with Crippen LogP contribution in [0.1, 0.15) is 37.3 Å². The van der Waals surface area contributed by atoms with Gasteiger partial charge in [0, 0.05) is 53.1 Å². The Kier molecular flexibility index (Phi) is 9.53. The highest BCUT2D eigenvalue weighted by Gasteiger charge is 2.28. The summed E-state index contributed by atoms with van der Waals surface area (Å²) in [6.07, 6.45) is 4.85. The van der Waals surface area contributed by atoms with Crippen LogP contribution in [-0.4, -0.2) is 68.5 Å². The van der Waals surface area contributed by atoms with Gasteiger partial charge in [-0.1, -0.05) is 39.3 Å². The molecule has 1 N–H and O–H groups in total. The molecule has 0 amide bonds. The predicted molar refractivity (Wildman–Crippen MR) is 146 cm³/mol. The molecule has 0 unspecified atom stereocenters. The number of nitrogens with zero attached hydrogens (tertiary/aromatic N) is 4. The molecule has 196 valence electrons. The Morgan fingerprint density at radius 2 is 1.60 bits per heavy atom. The molecule has 1 aliphatic rings. The van der Waals surface area contributed by atoms with Crippen LogP contribution in [0.4, 0.5) is 5.82 Å². The number of hydrogen-bond donors (Lipinski definition) is 1. The van der Waals surface area contributed by atoms with Crippen molar-refractivity contribution in [1.82, 2.24) is 14.6 Å².